The maximum absolute atomic E-state index is 13.2. The number of ether oxygens (including phenoxy) is 2. The van der Waals surface area contributed by atoms with Gasteiger partial charge in [-0.2, -0.15) is 0 Å². The molecule has 1 unspecified atom stereocenters. The Morgan fingerprint density at radius 2 is 1.66 bits per heavy atom. The Kier molecular flexibility index (Phi) is 7.16. The van der Waals surface area contributed by atoms with E-state index < -0.39 is 29.8 Å². The highest BCUT2D eigenvalue weighted by atomic mass is 32.1. The number of hydrogen-bond donors (Lipinski definition) is 1. The molecule has 0 spiro atoms. The van der Waals surface area contributed by atoms with Gasteiger partial charge >= 0.3 is 11.9 Å². The zero-order valence-corrected chi connectivity index (χ0v) is 18.3. The molecule has 1 heterocycles. The van der Waals surface area contributed by atoms with Crippen LogP contribution in [0.3, 0.4) is 0 Å². The van der Waals surface area contributed by atoms with Gasteiger partial charge in [0.1, 0.15) is 12.6 Å². The van der Waals surface area contributed by atoms with E-state index in [1.54, 1.807) is 42.5 Å². The maximum atomic E-state index is 13.2. The molecule has 0 saturated carbocycles. The molecule has 1 aliphatic rings. The second-order valence-electron chi connectivity index (χ2n) is 6.83. The number of carbonyl (C=O) groups is 4. The van der Waals surface area contributed by atoms with E-state index >= 15 is 0 Å². The quantitative estimate of drug-likeness (QED) is 0.499. The minimum atomic E-state index is -0.976. The molecule has 32 heavy (non-hydrogen) atoms. The number of nitrogens with zero attached hydrogens (tertiary/aromatic N) is 2. The maximum Gasteiger partial charge on any atom is 0.337 e. The molecule has 0 radical (unpaired) electrons. The second-order valence-corrected chi connectivity index (χ2v) is 7.20. The summed E-state index contributed by atoms with van der Waals surface area (Å²) < 4.78 is 9.36. The van der Waals surface area contributed by atoms with Crippen LogP contribution in [-0.4, -0.2) is 60.6 Å². The van der Waals surface area contributed by atoms with Crippen LogP contribution in [0.1, 0.15) is 16.8 Å². The van der Waals surface area contributed by atoms with Gasteiger partial charge in [0, 0.05) is 5.69 Å². The number of benzene rings is 2. The normalized spacial score (nSPS) is 15.5. The third-order valence-corrected chi connectivity index (χ3v) is 5.25. The molecule has 1 atom stereocenters. The summed E-state index contributed by atoms with van der Waals surface area (Å²) in [6, 6.07) is 13.9. The van der Waals surface area contributed by atoms with E-state index in [1.807, 2.05) is 0 Å². The molecular weight excluding hydrogens is 434 g/mol. The second kappa shape index (κ2) is 10.0. The van der Waals surface area contributed by atoms with Gasteiger partial charge in [-0.05, 0) is 48.6 Å². The van der Waals surface area contributed by atoms with Crippen molar-refractivity contribution in [3.8, 4) is 0 Å². The van der Waals surface area contributed by atoms with E-state index in [1.165, 1.54) is 36.2 Å². The Bertz CT molecular complexity index is 1040. The minimum Gasteiger partial charge on any atom is -0.468 e. The van der Waals surface area contributed by atoms with Crippen molar-refractivity contribution >= 4 is 52.5 Å². The lowest BCUT2D eigenvalue weighted by Crippen LogP contribution is -2.41. The van der Waals surface area contributed by atoms with Gasteiger partial charge in [-0.1, -0.05) is 18.2 Å². The lowest BCUT2D eigenvalue weighted by Gasteiger charge is -2.22. The molecule has 166 valence electrons. The first-order chi connectivity index (χ1) is 15.3. The largest absolute Gasteiger partial charge is 0.468 e. The SMILES string of the molecule is COC(=O)CN1C(=S)N(c2ccccc2)C(=O)C1CC(=O)Nc1ccc(C(=O)OC)cc1. The predicted molar refractivity (Wildman–Crippen MR) is 120 cm³/mol. The summed E-state index contributed by atoms with van der Waals surface area (Å²) in [7, 11) is 2.51. The van der Waals surface area contributed by atoms with Crippen molar-refractivity contribution in [1.82, 2.24) is 4.90 Å². The van der Waals surface area contributed by atoms with Crippen molar-refractivity contribution in [3.05, 3.63) is 60.2 Å². The number of anilines is 2. The fourth-order valence-electron chi connectivity index (χ4n) is 3.23. The molecule has 9 nitrogen and oxygen atoms in total. The number of esters is 2. The third kappa shape index (κ3) is 4.92. The molecule has 0 aliphatic carbocycles. The van der Waals surface area contributed by atoms with E-state index in [4.69, 9.17) is 17.0 Å². The molecule has 3 rings (SSSR count). The molecule has 2 amide bonds. The van der Waals surface area contributed by atoms with Gasteiger partial charge in [-0.3, -0.25) is 19.3 Å². The van der Waals surface area contributed by atoms with Gasteiger partial charge in [-0.25, -0.2) is 4.79 Å². The van der Waals surface area contributed by atoms with Crippen LogP contribution in [0.25, 0.3) is 0 Å². The molecule has 1 aliphatic heterocycles. The number of methoxy groups -OCH3 is 2. The van der Waals surface area contributed by atoms with Crippen molar-refractivity contribution < 1.29 is 28.7 Å². The molecule has 0 bridgehead atoms. The number of amides is 2. The zero-order valence-electron chi connectivity index (χ0n) is 17.4. The van der Waals surface area contributed by atoms with E-state index in [0.29, 0.717) is 16.9 Å². The molecule has 2 aromatic rings. The summed E-state index contributed by atoms with van der Waals surface area (Å²) >= 11 is 5.44. The van der Waals surface area contributed by atoms with Gasteiger partial charge in [0.15, 0.2) is 5.11 Å². The zero-order chi connectivity index (χ0) is 23.3. The Morgan fingerprint density at radius 1 is 1.00 bits per heavy atom. The Morgan fingerprint density at radius 3 is 2.25 bits per heavy atom. The van der Waals surface area contributed by atoms with Crippen LogP contribution in [0.15, 0.2) is 54.6 Å². The first-order valence-electron chi connectivity index (χ1n) is 9.60. The highest BCUT2D eigenvalue weighted by molar-refractivity contribution is 7.80. The number of thiocarbonyl (C=S) groups is 1. The standard InChI is InChI=1S/C22H21N3O6S/c1-30-19(27)13-24-17(20(28)25(22(24)32)16-6-4-3-5-7-16)12-18(26)23-15-10-8-14(9-11-15)21(29)31-2/h3-11,17H,12-13H2,1-2H3,(H,23,26). The molecule has 2 aromatic carbocycles. The molecule has 1 saturated heterocycles. The Balaban J connectivity index is 1.77. The molecular formula is C22H21N3O6S. The van der Waals surface area contributed by atoms with E-state index in [9.17, 15) is 19.2 Å². The van der Waals surface area contributed by atoms with Crippen LogP contribution < -0.4 is 10.2 Å². The van der Waals surface area contributed by atoms with Crippen LogP contribution in [0.2, 0.25) is 0 Å². The topological polar surface area (TPSA) is 105 Å². The van der Waals surface area contributed by atoms with Crippen LogP contribution in [0, 0.1) is 0 Å². The molecule has 1 fully saturated rings. The average Bonchev–Trinajstić information content (AvgIpc) is 3.03. The fourth-order valence-corrected chi connectivity index (χ4v) is 3.61. The van der Waals surface area contributed by atoms with E-state index in [0.717, 1.165) is 0 Å². The highest BCUT2D eigenvalue weighted by Crippen LogP contribution is 2.27. The Labute approximate surface area is 189 Å². The summed E-state index contributed by atoms with van der Waals surface area (Å²) in [5.74, 6) is -1.95. The summed E-state index contributed by atoms with van der Waals surface area (Å²) in [6.45, 7) is -0.268. The predicted octanol–water partition coefficient (Wildman–Crippen LogP) is 1.98. The minimum absolute atomic E-state index is 0.117. The van der Waals surface area contributed by atoms with Gasteiger partial charge in [0.2, 0.25) is 5.91 Å². The molecule has 1 N–H and O–H groups in total. The van der Waals surface area contributed by atoms with Crippen molar-refractivity contribution in [2.45, 2.75) is 12.5 Å². The summed E-state index contributed by atoms with van der Waals surface area (Å²) in [4.78, 5) is 52.0. The fraction of sp³-hybridized carbons (Fsp3) is 0.227. The summed E-state index contributed by atoms with van der Waals surface area (Å²) in [5, 5.41) is 2.80. The first kappa shape index (κ1) is 22.9. The third-order valence-electron chi connectivity index (χ3n) is 4.83. The smallest absolute Gasteiger partial charge is 0.337 e. The van der Waals surface area contributed by atoms with Crippen LogP contribution >= 0.6 is 12.2 Å². The Hall–Kier alpha value is -3.79. The lowest BCUT2D eigenvalue weighted by molar-refractivity contribution is -0.141. The number of rotatable bonds is 7. The van der Waals surface area contributed by atoms with E-state index in [-0.39, 0.29) is 18.1 Å². The number of carbonyl (C=O) groups excluding carboxylic acids is 4. The van der Waals surface area contributed by atoms with Crippen molar-refractivity contribution in [2.24, 2.45) is 0 Å². The summed E-state index contributed by atoms with van der Waals surface area (Å²) in [6.07, 6.45) is -0.238. The average molecular weight is 455 g/mol. The molecule has 10 heteroatoms. The number of nitrogens with one attached hydrogen (secondary N) is 1. The van der Waals surface area contributed by atoms with Crippen molar-refractivity contribution in [3.63, 3.8) is 0 Å². The lowest BCUT2D eigenvalue weighted by atomic mass is 10.1. The van der Waals surface area contributed by atoms with Crippen LogP contribution in [0.4, 0.5) is 11.4 Å². The van der Waals surface area contributed by atoms with Gasteiger partial charge in [-0.15, -0.1) is 0 Å². The van der Waals surface area contributed by atoms with Crippen molar-refractivity contribution in [2.75, 3.05) is 31.0 Å². The highest BCUT2D eigenvalue weighted by Gasteiger charge is 2.45. The van der Waals surface area contributed by atoms with Crippen LogP contribution in [-0.2, 0) is 23.9 Å². The number of hydrogen-bond acceptors (Lipinski definition) is 7. The molecule has 0 aromatic heterocycles. The van der Waals surface area contributed by atoms with Gasteiger partial charge in [0.05, 0.1) is 31.9 Å². The summed E-state index contributed by atoms with van der Waals surface area (Å²) in [5.41, 5.74) is 1.32. The van der Waals surface area contributed by atoms with Gasteiger partial charge in [0.25, 0.3) is 5.91 Å². The number of para-hydroxylation sites is 1. The monoisotopic (exact) mass is 455 g/mol. The van der Waals surface area contributed by atoms with Crippen LogP contribution in [0.5, 0.6) is 0 Å². The van der Waals surface area contributed by atoms with E-state index in [2.05, 4.69) is 10.1 Å². The van der Waals surface area contributed by atoms with Gasteiger partial charge < -0.3 is 19.7 Å². The van der Waals surface area contributed by atoms with Crippen molar-refractivity contribution in [1.29, 1.82) is 0 Å². The first-order valence-corrected chi connectivity index (χ1v) is 10.0.